The zero-order valence-electron chi connectivity index (χ0n) is 14.1. The predicted molar refractivity (Wildman–Crippen MR) is 84.6 cm³/mol. The molecule has 1 aromatic rings. The van der Waals surface area contributed by atoms with Crippen molar-refractivity contribution in [2.24, 2.45) is 17.3 Å². The predicted octanol–water partition coefficient (Wildman–Crippen LogP) is 2.11. The Morgan fingerprint density at radius 1 is 1.25 bits per heavy atom. The summed E-state index contributed by atoms with van der Waals surface area (Å²) in [7, 11) is 0. The van der Waals surface area contributed by atoms with E-state index in [1.165, 1.54) is 6.92 Å². The number of hydrogen-bond acceptors (Lipinski definition) is 6. The van der Waals surface area contributed by atoms with Crippen LogP contribution < -0.4 is 0 Å². The van der Waals surface area contributed by atoms with E-state index in [1.54, 1.807) is 13.8 Å². The number of esters is 3. The highest BCUT2D eigenvalue weighted by atomic mass is 16.6. The van der Waals surface area contributed by atoms with Crippen LogP contribution in [0.1, 0.15) is 26.3 Å². The molecular formula is C18H22O6. The van der Waals surface area contributed by atoms with Crippen LogP contribution in [-0.4, -0.2) is 31.1 Å². The molecule has 1 saturated heterocycles. The van der Waals surface area contributed by atoms with E-state index in [9.17, 15) is 14.4 Å². The maximum atomic E-state index is 12.6. The summed E-state index contributed by atoms with van der Waals surface area (Å²) in [5.74, 6) is -2.48. The Morgan fingerprint density at radius 3 is 2.42 bits per heavy atom. The van der Waals surface area contributed by atoms with Crippen LogP contribution in [0.25, 0.3) is 0 Å². The maximum Gasteiger partial charge on any atom is 0.313 e. The van der Waals surface area contributed by atoms with Gasteiger partial charge >= 0.3 is 17.9 Å². The molecule has 0 spiro atoms. The van der Waals surface area contributed by atoms with Crippen molar-refractivity contribution in [2.75, 3.05) is 13.2 Å². The normalized spacial score (nSPS) is 18.1. The molecule has 0 radical (unpaired) electrons. The minimum atomic E-state index is -0.747. The monoisotopic (exact) mass is 334 g/mol. The Balaban J connectivity index is 2.07. The zero-order valence-corrected chi connectivity index (χ0v) is 14.1. The fraction of sp³-hybridized carbons (Fsp3) is 0.500. The molecule has 0 aromatic heterocycles. The second-order valence-electron chi connectivity index (χ2n) is 6.45. The summed E-state index contributed by atoms with van der Waals surface area (Å²) in [5, 5.41) is 0. The van der Waals surface area contributed by atoms with Gasteiger partial charge in [-0.3, -0.25) is 14.4 Å². The van der Waals surface area contributed by atoms with Crippen LogP contribution in [0.3, 0.4) is 0 Å². The van der Waals surface area contributed by atoms with Gasteiger partial charge in [-0.1, -0.05) is 44.2 Å². The van der Waals surface area contributed by atoms with Gasteiger partial charge in [-0.2, -0.15) is 0 Å². The lowest BCUT2D eigenvalue weighted by atomic mass is 9.68. The van der Waals surface area contributed by atoms with Crippen molar-refractivity contribution >= 4 is 17.9 Å². The second kappa shape index (κ2) is 7.47. The molecule has 6 nitrogen and oxygen atoms in total. The third-order valence-electron chi connectivity index (χ3n) is 4.43. The SMILES string of the molecule is CC(=O)OC[C@@H](C(=O)OCc1ccccc1)C(C)(C)[C@@H]1COC1=O. The average Bonchev–Trinajstić information content (AvgIpc) is 2.51. The maximum absolute atomic E-state index is 12.6. The molecule has 1 aliphatic heterocycles. The Kier molecular flexibility index (Phi) is 5.59. The van der Waals surface area contributed by atoms with Crippen molar-refractivity contribution in [1.82, 2.24) is 0 Å². The Hall–Kier alpha value is -2.37. The number of carbonyl (C=O) groups is 3. The molecule has 1 fully saturated rings. The van der Waals surface area contributed by atoms with Crippen LogP contribution in [0.4, 0.5) is 0 Å². The van der Waals surface area contributed by atoms with Crippen molar-refractivity contribution < 1.29 is 28.6 Å². The van der Waals surface area contributed by atoms with Gasteiger partial charge in [0.25, 0.3) is 0 Å². The summed E-state index contributed by atoms with van der Waals surface area (Å²) < 4.78 is 15.2. The van der Waals surface area contributed by atoms with Crippen LogP contribution in [0.15, 0.2) is 30.3 Å². The van der Waals surface area contributed by atoms with Crippen molar-refractivity contribution in [2.45, 2.75) is 27.4 Å². The number of carbonyl (C=O) groups excluding carboxylic acids is 3. The van der Waals surface area contributed by atoms with Gasteiger partial charge in [-0.15, -0.1) is 0 Å². The van der Waals surface area contributed by atoms with Gasteiger partial charge in [0.05, 0.1) is 11.8 Å². The van der Waals surface area contributed by atoms with Crippen molar-refractivity contribution in [3.63, 3.8) is 0 Å². The molecule has 2 atom stereocenters. The lowest BCUT2D eigenvalue weighted by molar-refractivity contribution is -0.187. The molecule has 1 aliphatic rings. The number of ether oxygens (including phenoxy) is 3. The highest BCUT2D eigenvalue weighted by Crippen LogP contribution is 2.41. The van der Waals surface area contributed by atoms with E-state index in [4.69, 9.17) is 14.2 Å². The number of rotatable bonds is 7. The summed E-state index contributed by atoms with van der Waals surface area (Å²) in [5.41, 5.74) is 0.122. The van der Waals surface area contributed by atoms with Crippen LogP contribution in [-0.2, 0) is 35.2 Å². The quantitative estimate of drug-likeness (QED) is 0.561. The summed E-state index contributed by atoms with van der Waals surface area (Å²) in [6.07, 6.45) is 0. The van der Waals surface area contributed by atoms with E-state index < -0.39 is 29.2 Å². The Labute approximate surface area is 141 Å². The van der Waals surface area contributed by atoms with E-state index in [0.29, 0.717) is 0 Å². The number of benzene rings is 1. The van der Waals surface area contributed by atoms with Crippen LogP contribution in [0.2, 0.25) is 0 Å². The van der Waals surface area contributed by atoms with E-state index in [-0.39, 0.29) is 25.8 Å². The second-order valence-corrected chi connectivity index (χ2v) is 6.45. The van der Waals surface area contributed by atoms with Gasteiger partial charge in [0.2, 0.25) is 0 Å². The van der Waals surface area contributed by atoms with Crippen LogP contribution in [0, 0.1) is 17.3 Å². The first-order valence-electron chi connectivity index (χ1n) is 7.83. The van der Waals surface area contributed by atoms with Gasteiger partial charge in [-0.25, -0.2) is 0 Å². The molecular weight excluding hydrogens is 312 g/mol. The highest BCUT2D eigenvalue weighted by molar-refractivity contribution is 5.81. The molecule has 0 amide bonds. The van der Waals surface area contributed by atoms with E-state index >= 15 is 0 Å². The van der Waals surface area contributed by atoms with Crippen molar-refractivity contribution in [3.05, 3.63) is 35.9 Å². The molecule has 6 heteroatoms. The summed E-state index contributed by atoms with van der Waals surface area (Å²) in [6, 6.07) is 9.29. The molecule has 0 N–H and O–H groups in total. The van der Waals surface area contributed by atoms with Gasteiger partial charge < -0.3 is 14.2 Å². The van der Waals surface area contributed by atoms with E-state index in [0.717, 1.165) is 5.56 Å². The lowest BCUT2D eigenvalue weighted by Gasteiger charge is -2.41. The zero-order chi connectivity index (χ0) is 17.7. The standard InChI is InChI=1S/C18H22O6/c1-12(19)22-10-14(18(2,3)15-11-24-17(15)21)16(20)23-9-13-7-5-4-6-8-13/h4-8,14-15H,9-11H2,1-3H3/t14-,15+/m0/s1. The summed E-state index contributed by atoms with van der Waals surface area (Å²) >= 11 is 0. The minimum Gasteiger partial charge on any atom is -0.465 e. The summed E-state index contributed by atoms with van der Waals surface area (Å²) in [6.45, 7) is 5.11. The fourth-order valence-corrected chi connectivity index (χ4v) is 2.61. The molecule has 2 rings (SSSR count). The minimum absolute atomic E-state index is 0.125. The van der Waals surface area contributed by atoms with E-state index in [1.807, 2.05) is 30.3 Å². The Morgan fingerprint density at radius 2 is 1.92 bits per heavy atom. The molecule has 0 aliphatic carbocycles. The van der Waals surface area contributed by atoms with Gasteiger partial charge in [0, 0.05) is 6.92 Å². The van der Waals surface area contributed by atoms with Gasteiger partial charge in [0.1, 0.15) is 19.8 Å². The molecule has 130 valence electrons. The van der Waals surface area contributed by atoms with Crippen LogP contribution in [0.5, 0.6) is 0 Å². The molecule has 0 saturated carbocycles. The molecule has 24 heavy (non-hydrogen) atoms. The molecule has 1 aromatic carbocycles. The largest absolute Gasteiger partial charge is 0.465 e. The lowest BCUT2D eigenvalue weighted by Crippen LogP contribution is -2.51. The topological polar surface area (TPSA) is 78.9 Å². The smallest absolute Gasteiger partial charge is 0.313 e. The third-order valence-corrected chi connectivity index (χ3v) is 4.43. The average molecular weight is 334 g/mol. The summed E-state index contributed by atoms with van der Waals surface area (Å²) in [4.78, 5) is 35.3. The molecule has 0 bridgehead atoms. The first-order chi connectivity index (χ1) is 11.3. The number of cyclic esters (lactones) is 1. The first kappa shape index (κ1) is 18.0. The fourth-order valence-electron chi connectivity index (χ4n) is 2.61. The van der Waals surface area contributed by atoms with Crippen molar-refractivity contribution in [1.29, 1.82) is 0 Å². The highest BCUT2D eigenvalue weighted by Gasteiger charge is 2.51. The number of hydrogen-bond donors (Lipinski definition) is 0. The van der Waals surface area contributed by atoms with Crippen molar-refractivity contribution in [3.8, 4) is 0 Å². The first-order valence-corrected chi connectivity index (χ1v) is 7.83. The van der Waals surface area contributed by atoms with Crippen LogP contribution >= 0.6 is 0 Å². The Bertz CT molecular complexity index is 607. The molecule has 0 unspecified atom stereocenters. The molecule has 1 heterocycles. The van der Waals surface area contributed by atoms with Gasteiger partial charge in [-0.05, 0) is 11.0 Å². The third kappa shape index (κ3) is 4.13. The van der Waals surface area contributed by atoms with Gasteiger partial charge in [0.15, 0.2) is 0 Å². The van der Waals surface area contributed by atoms with E-state index in [2.05, 4.69) is 0 Å².